The average Bonchev–Trinajstić information content (AvgIpc) is 2.78. The number of carbonyl (C=O) groups is 3. The maximum Gasteiger partial charge on any atom is 0.262 e. The normalized spacial score (nSPS) is 12.4. The van der Waals surface area contributed by atoms with E-state index in [2.05, 4.69) is 10.6 Å². The second-order valence-corrected chi connectivity index (χ2v) is 7.52. The summed E-state index contributed by atoms with van der Waals surface area (Å²) in [5.41, 5.74) is 4.74. The van der Waals surface area contributed by atoms with E-state index in [0.29, 0.717) is 34.7 Å². The highest BCUT2D eigenvalue weighted by Gasteiger charge is 2.21. The molecular weight excluding hydrogens is 392 g/mol. The van der Waals surface area contributed by atoms with E-state index in [-0.39, 0.29) is 24.2 Å². The molecule has 4 rings (SSSR count). The summed E-state index contributed by atoms with van der Waals surface area (Å²) in [7, 11) is 0. The first-order valence-electron chi connectivity index (χ1n) is 9.97. The molecule has 0 bridgehead atoms. The summed E-state index contributed by atoms with van der Waals surface area (Å²) in [6.45, 7) is 4.38. The molecule has 1 heterocycles. The maximum absolute atomic E-state index is 13.2. The molecule has 0 saturated heterocycles. The van der Waals surface area contributed by atoms with Crippen LogP contribution >= 0.6 is 0 Å². The molecule has 3 aromatic rings. The lowest BCUT2D eigenvalue weighted by Gasteiger charge is -2.18. The standard InChI is InChI=1S/C25H22N2O4/c1-15-7-8-17(11-16(15)2)13-26-25(30)20-6-4-3-5-19(20)24(29)18-9-10-22-21(12-18)27-23(28)14-31-22/h3-12H,13-14H2,1-2H3,(H,26,30)(H,27,28). The molecule has 0 radical (unpaired) electrons. The van der Waals surface area contributed by atoms with Crippen LogP contribution in [0.4, 0.5) is 5.69 Å². The Morgan fingerprint density at radius 2 is 1.74 bits per heavy atom. The Kier molecular flexibility index (Phi) is 5.54. The van der Waals surface area contributed by atoms with Crippen molar-refractivity contribution in [3.05, 3.63) is 94.0 Å². The van der Waals surface area contributed by atoms with Crippen LogP contribution in [-0.4, -0.2) is 24.2 Å². The fourth-order valence-electron chi connectivity index (χ4n) is 3.45. The molecule has 2 amide bonds. The summed E-state index contributed by atoms with van der Waals surface area (Å²) >= 11 is 0. The van der Waals surface area contributed by atoms with Gasteiger partial charge >= 0.3 is 0 Å². The van der Waals surface area contributed by atoms with Crippen molar-refractivity contribution in [1.29, 1.82) is 0 Å². The van der Waals surface area contributed by atoms with Crippen LogP contribution in [0, 0.1) is 13.8 Å². The molecule has 0 spiro atoms. The highest BCUT2D eigenvalue weighted by molar-refractivity contribution is 6.16. The van der Waals surface area contributed by atoms with Crippen molar-refractivity contribution in [2.75, 3.05) is 11.9 Å². The van der Waals surface area contributed by atoms with E-state index in [4.69, 9.17) is 4.74 Å². The Hall–Kier alpha value is -3.93. The number of benzene rings is 3. The molecule has 2 N–H and O–H groups in total. The maximum atomic E-state index is 13.2. The number of ketones is 1. The van der Waals surface area contributed by atoms with Crippen LogP contribution in [-0.2, 0) is 11.3 Å². The topological polar surface area (TPSA) is 84.5 Å². The van der Waals surface area contributed by atoms with Crippen molar-refractivity contribution >= 4 is 23.3 Å². The molecule has 1 aliphatic rings. The number of aryl methyl sites for hydroxylation is 2. The van der Waals surface area contributed by atoms with Crippen LogP contribution in [0.2, 0.25) is 0 Å². The van der Waals surface area contributed by atoms with Gasteiger partial charge in [0.2, 0.25) is 0 Å². The van der Waals surface area contributed by atoms with E-state index >= 15 is 0 Å². The van der Waals surface area contributed by atoms with E-state index in [9.17, 15) is 14.4 Å². The van der Waals surface area contributed by atoms with Crippen LogP contribution in [0.25, 0.3) is 0 Å². The molecule has 0 unspecified atom stereocenters. The Balaban J connectivity index is 1.56. The monoisotopic (exact) mass is 414 g/mol. The summed E-state index contributed by atoms with van der Waals surface area (Å²) in [6.07, 6.45) is 0. The summed E-state index contributed by atoms with van der Waals surface area (Å²) < 4.78 is 5.34. The number of fused-ring (bicyclic) bond motifs is 1. The van der Waals surface area contributed by atoms with Crippen molar-refractivity contribution in [3.63, 3.8) is 0 Å². The van der Waals surface area contributed by atoms with Crippen molar-refractivity contribution in [1.82, 2.24) is 5.32 Å². The van der Waals surface area contributed by atoms with Crippen LogP contribution in [0.5, 0.6) is 5.75 Å². The summed E-state index contributed by atoms with van der Waals surface area (Å²) in [5.74, 6) is -0.393. The zero-order valence-corrected chi connectivity index (χ0v) is 17.3. The molecular formula is C25H22N2O4. The number of ether oxygens (including phenoxy) is 1. The molecule has 6 heteroatoms. The zero-order chi connectivity index (χ0) is 22.0. The van der Waals surface area contributed by atoms with Gasteiger partial charge in [-0.2, -0.15) is 0 Å². The average molecular weight is 414 g/mol. The van der Waals surface area contributed by atoms with Crippen LogP contribution in [0.15, 0.2) is 60.7 Å². The fraction of sp³-hybridized carbons (Fsp3) is 0.160. The quantitative estimate of drug-likeness (QED) is 0.622. The SMILES string of the molecule is Cc1ccc(CNC(=O)c2ccccc2C(=O)c2ccc3c(c2)NC(=O)CO3)cc1C. The van der Waals surface area contributed by atoms with Crippen molar-refractivity contribution in [2.24, 2.45) is 0 Å². The molecule has 3 aromatic carbocycles. The third-order valence-corrected chi connectivity index (χ3v) is 5.32. The van der Waals surface area contributed by atoms with E-state index in [1.165, 1.54) is 5.56 Å². The highest BCUT2D eigenvalue weighted by Crippen LogP contribution is 2.29. The largest absolute Gasteiger partial charge is 0.482 e. The molecule has 0 atom stereocenters. The first-order valence-corrected chi connectivity index (χ1v) is 9.97. The molecule has 0 aliphatic carbocycles. The Morgan fingerprint density at radius 3 is 2.52 bits per heavy atom. The summed E-state index contributed by atoms with van der Waals surface area (Å²) in [5, 5.41) is 5.59. The van der Waals surface area contributed by atoms with Gasteiger partial charge in [-0.3, -0.25) is 14.4 Å². The van der Waals surface area contributed by atoms with Gasteiger partial charge in [0.05, 0.1) is 11.3 Å². The number of carbonyl (C=O) groups excluding carboxylic acids is 3. The number of rotatable bonds is 5. The first-order chi connectivity index (χ1) is 14.9. The lowest BCUT2D eigenvalue weighted by molar-refractivity contribution is -0.118. The number of hydrogen-bond donors (Lipinski definition) is 2. The van der Waals surface area contributed by atoms with E-state index < -0.39 is 0 Å². The van der Waals surface area contributed by atoms with Gasteiger partial charge in [0.1, 0.15) is 5.75 Å². The number of nitrogens with one attached hydrogen (secondary N) is 2. The number of hydrogen-bond acceptors (Lipinski definition) is 4. The zero-order valence-electron chi connectivity index (χ0n) is 17.3. The molecule has 6 nitrogen and oxygen atoms in total. The van der Waals surface area contributed by atoms with E-state index in [0.717, 1.165) is 11.1 Å². The lowest BCUT2D eigenvalue weighted by Crippen LogP contribution is -2.26. The van der Waals surface area contributed by atoms with Crippen molar-refractivity contribution < 1.29 is 19.1 Å². The van der Waals surface area contributed by atoms with Crippen LogP contribution in [0.3, 0.4) is 0 Å². The fourth-order valence-corrected chi connectivity index (χ4v) is 3.45. The number of amides is 2. The highest BCUT2D eigenvalue weighted by atomic mass is 16.5. The minimum atomic E-state index is -0.322. The molecule has 156 valence electrons. The van der Waals surface area contributed by atoms with Gasteiger partial charge in [-0.15, -0.1) is 0 Å². The summed E-state index contributed by atoms with van der Waals surface area (Å²) in [4.78, 5) is 37.6. The molecule has 31 heavy (non-hydrogen) atoms. The van der Waals surface area contributed by atoms with Crippen molar-refractivity contribution in [2.45, 2.75) is 20.4 Å². The minimum absolute atomic E-state index is 0.0518. The van der Waals surface area contributed by atoms with Gasteiger partial charge < -0.3 is 15.4 Å². The van der Waals surface area contributed by atoms with Gasteiger partial charge in [-0.1, -0.05) is 36.4 Å². The third kappa shape index (κ3) is 4.33. The van der Waals surface area contributed by atoms with Gasteiger partial charge in [0.25, 0.3) is 11.8 Å². The number of anilines is 1. The smallest absolute Gasteiger partial charge is 0.262 e. The van der Waals surface area contributed by atoms with E-state index in [1.807, 2.05) is 32.0 Å². The lowest BCUT2D eigenvalue weighted by atomic mass is 9.97. The van der Waals surface area contributed by atoms with Crippen LogP contribution < -0.4 is 15.4 Å². The summed E-state index contributed by atoms with van der Waals surface area (Å²) in [6, 6.07) is 17.6. The molecule has 0 aromatic heterocycles. The predicted octanol–water partition coefficient (Wildman–Crippen LogP) is 3.80. The second-order valence-electron chi connectivity index (χ2n) is 7.52. The Morgan fingerprint density at radius 1 is 0.968 bits per heavy atom. The van der Waals surface area contributed by atoms with E-state index in [1.54, 1.807) is 42.5 Å². The Bertz CT molecular complexity index is 1200. The second kappa shape index (κ2) is 8.44. The van der Waals surface area contributed by atoms with Gasteiger partial charge in [0.15, 0.2) is 12.4 Å². The molecule has 0 fully saturated rings. The minimum Gasteiger partial charge on any atom is -0.482 e. The van der Waals surface area contributed by atoms with Gasteiger partial charge in [-0.25, -0.2) is 0 Å². The van der Waals surface area contributed by atoms with Gasteiger partial charge in [0, 0.05) is 17.7 Å². The Labute approximate surface area is 180 Å². The van der Waals surface area contributed by atoms with Crippen molar-refractivity contribution in [3.8, 4) is 5.75 Å². The molecule has 0 saturated carbocycles. The van der Waals surface area contributed by atoms with Crippen LogP contribution in [0.1, 0.15) is 43.0 Å². The van der Waals surface area contributed by atoms with Gasteiger partial charge in [-0.05, 0) is 54.8 Å². The first kappa shape index (κ1) is 20.3. The third-order valence-electron chi connectivity index (χ3n) is 5.32. The predicted molar refractivity (Wildman–Crippen MR) is 118 cm³/mol. The molecule has 1 aliphatic heterocycles.